The van der Waals surface area contributed by atoms with Crippen molar-refractivity contribution in [1.29, 1.82) is 0 Å². The summed E-state index contributed by atoms with van der Waals surface area (Å²) in [5.41, 5.74) is 4.64. The lowest BCUT2D eigenvalue weighted by Gasteiger charge is -2.26. The Morgan fingerprint density at radius 1 is 1.25 bits per heavy atom. The highest BCUT2D eigenvalue weighted by Gasteiger charge is 2.15. The van der Waals surface area contributed by atoms with E-state index >= 15 is 0 Å². The summed E-state index contributed by atoms with van der Waals surface area (Å²) >= 11 is 0. The van der Waals surface area contributed by atoms with Crippen LogP contribution in [0, 0.1) is 0 Å². The highest BCUT2D eigenvalue weighted by Crippen LogP contribution is 2.15. The Morgan fingerprint density at radius 3 is 2.60 bits per heavy atom. The van der Waals surface area contributed by atoms with Gasteiger partial charge in [0.1, 0.15) is 0 Å². The topological polar surface area (TPSA) is 69.6 Å². The van der Waals surface area contributed by atoms with Gasteiger partial charge in [-0.3, -0.25) is 15.0 Å². The molecule has 1 aromatic carbocycles. The molecule has 1 amide bonds. The van der Waals surface area contributed by atoms with Crippen LogP contribution >= 0.6 is 0 Å². The molecule has 20 heavy (non-hydrogen) atoms. The Kier molecular flexibility index (Phi) is 4.90. The molecule has 2 rings (SSSR count). The lowest BCUT2D eigenvalue weighted by atomic mass is 10.0. The van der Waals surface area contributed by atoms with Gasteiger partial charge in [0, 0.05) is 25.1 Å². The maximum Gasteiger partial charge on any atom is 0.303 e. The Bertz CT molecular complexity index is 511. The van der Waals surface area contributed by atoms with E-state index in [1.165, 1.54) is 0 Å². The Balaban J connectivity index is 1.82. The van der Waals surface area contributed by atoms with Gasteiger partial charge in [-0.05, 0) is 25.0 Å². The second-order valence-corrected chi connectivity index (χ2v) is 4.76. The standard InChI is InChI=1S/C15H18N2O3/c18-14(19)7-6-12-8-10-17(11-9-12)16-15(20)13-4-2-1-3-5-13/h1-5,8H,6-7,9-11H2,(H,16,20)(H,18,19). The van der Waals surface area contributed by atoms with E-state index in [-0.39, 0.29) is 12.3 Å². The van der Waals surface area contributed by atoms with Gasteiger partial charge < -0.3 is 5.11 Å². The molecule has 1 heterocycles. The SMILES string of the molecule is O=C(O)CCC1=CCN(NC(=O)c2ccccc2)CC1. The lowest BCUT2D eigenvalue weighted by molar-refractivity contribution is -0.136. The first-order valence-electron chi connectivity index (χ1n) is 6.66. The molecule has 0 fully saturated rings. The largest absolute Gasteiger partial charge is 0.481 e. The van der Waals surface area contributed by atoms with Crippen molar-refractivity contribution in [1.82, 2.24) is 10.4 Å². The number of hydrogen-bond donors (Lipinski definition) is 2. The Labute approximate surface area is 117 Å². The average molecular weight is 274 g/mol. The molecule has 0 aliphatic carbocycles. The lowest BCUT2D eigenvalue weighted by Crippen LogP contribution is -2.44. The molecule has 0 unspecified atom stereocenters. The molecule has 1 aromatic rings. The number of benzene rings is 1. The van der Waals surface area contributed by atoms with Gasteiger partial charge in [-0.1, -0.05) is 29.8 Å². The van der Waals surface area contributed by atoms with Gasteiger partial charge in [0.15, 0.2) is 0 Å². The molecule has 5 heteroatoms. The number of nitrogens with zero attached hydrogens (tertiary/aromatic N) is 1. The second kappa shape index (κ2) is 6.86. The first-order chi connectivity index (χ1) is 9.65. The zero-order valence-corrected chi connectivity index (χ0v) is 11.2. The Morgan fingerprint density at radius 2 is 2.00 bits per heavy atom. The maximum absolute atomic E-state index is 12.0. The van der Waals surface area contributed by atoms with Crippen LogP contribution in [0.2, 0.25) is 0 Å². The third kappa shape index (κ3) is 4.20. The van der Waals surface area contributed by atoms with Gasteiger partial charge in [0.05, 0.1) is 0 Å². The minimum Gasteiger partial charge on any atom is -0.481 e. The Hall–Kier alpha value is -2.14. The molecule has 1 aliphatic rings. The molecular formula is C15H18N2O3. The molecule has 5 nitrogen and oxygen atoms in total. The molecule has 0 bridgehead atoms. The van der Waals surface area contributed by atoms with Crippen LogP contribution in [0.15, 0.2) is 42.0 Å². The molecule has 0 saturated heterocycles. The van der Waals surface area contributed by atoms with E-state index in [1.54, 1.807) is 12.1 Å². The van der Waals surface area contributed by atoms with Crippen LogP contribution in [0.3, 0.4) is 0 Å². The van der Waals surface area contributed by atoms with E-state index in [4.69, 9.17) is 5.11 Å². The van der Waals surface area contributed by atoms with E-state index in [0.717, 1.165) is 12.0 Å². The number of rotatable bonds is 5. The average Bonchev–Trinajstić information content (AvgIpc) is 2.47. The summed E-state index contributed by atoms with van der Waals surface area (Å²) in [7, 11) is 0. The fourth-order valence-corrected chi connectivity index (χ4v) is 2.10. The number of carboxylic acid groups (broad SMARTS) is 1. The van der Waals surface area contributed by atoms with Gasteiger partial charge in [-0.15, -0.1) is 0 Å². The predicted molar refractivity (Wildman–Crippen MR) is 75.1 cm³/mol. The summed E-state index contributed by atoms with van der Waals surface area (Å²) in [6, 6.07) is 9.07. The van der Waals surface area contributed by atoms with Crippen LogP contribution in [0.25, 0.3) is 0 Å². The summed E-state index contributed by atoms with van der Waals surface area (Å²) in [5.74, 6) is -0.890. The first-order valence-corrected chi connectivity index (χ1v) is 6.66. The van der Waals surface area contributed by atoms with Crippen molar-refractivity contribution in [3.63, 3.8) is 0 Å². The molecule has 0 radical (unpaired) electrons. The van der Waals surface area contributed by atoms with E-state index in [0.29, 0.717) is 25.1 Å². The molecule has 0 atom stereocenters. The van der Waals surface area contributed by atoms with Crippen LogP contribution in [0.1, 0.15) is 29.6 Å². The quantitative estimate of drug-likeness (QED) is 0.804. The summed E-state index contributed by atoms with van der Waals surface area (Å²) in [6.07, 6.45) is 3.55. The van der Waals surface area contributed by atoms with Crippen molar-refractivity contribution in [2.45, 2.75) is 19.3 Å². The number of hydrogen-bond acceptors (Lipinski definition) is 3. The fraction of sp³-hybridized carbons (Fsp3) is 0.333. The number of hydrazine groups is 1. The van der Waals surface area contributed by atoms with Crippen LogP contribution in [-0.4, -0.2) is 35.1 Å². The molecule has 0 spiro atoms. The molecule has 1 aliphatic heterocycles. The van der Waals surface area contributed by atoms with E-state index in [2.05, 4.69) is 5.43 Å². The number of amides is 1. The summed E-state index contributed by atoms with van der Waals surface area (Å²) < 4.78 is 0. The molecular weight excluding hydrogens is 256 g/mol. The monoisotopic (exact) mass is 274 g/mol. The molecule has 106 valence electrons. The van der Waals surface area contributed by atoms with Gasteiger partial charge in [-0.2, -0.15) is 0 Å². The summed E-state index contributed by atoms with van der Waals surface area (Å²) in [4.78, 5) is 22.5. The second-order valence-electron chi connectivity index (χ2n) is 4.76. The number of aliphatic carboxylic acids is 1. The summed E-state index contributed by atoms with van der Waals surface area (Å²) in [6.45, 7) is 1.33. The van der Waals surface area contributed by atoms with Crippen LogP contribution in [0.5, 0.6) is 0 Å². The number of carbonyl (C=O) groups excluding carboxylic acids is 1. The predicted octanol–water partition coefficient (Wildman–Crippen LogP) is 1.83. The van der Waals surface area contributed by atoms with Crippen LogP contribution < -0.4 is 5.43 Å². The highest BCUT2D eigenvalue weighted by molar-refractivity contribution is 5.93. The number of nitrogens with one attached hydrogen (secondary N) is 1. The van der Waals surface area contributed by atoms with E-state index in [9.17, 15) is 9.59 Å². The minimum absolute atomic E-state index is 0.118. The third-order valence-electron chi connectivity index (χ3n) is 3.26. The van der Waals surface area contributed by atoms with Gasteiger partial charge in [0.25, 0.3) is 5.91 Å². The van der Waals surface area contributed by atoms with E-state index in [1.807, 2.05) is 29.3 Å². The van der Waals surface area contributed by atoms with Gasteiger partial charge in [-0.25, -0.2) is 5.01 Å². The summed E-state index contributed by atoms with van der Waals surface area (Å²) in [5, 5.41) is 10.5. The maximum atomic E-state index is 12.0. The first kappa shape index (κ1) is 14.3. The molecule has 2 N–H and O–H groups in total. The van der Waals surface area contributed by atoms with E-state index < -0.39 is 5.97 Å². The van der Waals surface area contributed by atoms with Crippen molar-refractivity contribution >= 4 is 11.9 Å². The zero-order chi connectivity index (χ0) is 14.4. The van der Waals surface area contributed by atoms with Crippen LogP contribution in [0.4, 0.5) is 0 Å². The normalized spacial score (nSPS) is 15.5. The number of carbonyl (C=O) groups is 2. The van der Waals surface area contributed by atoms with Crippen molar-refractivity contribution in [3.8, 4) is 0 Å². The molecule has 0 saturated carbocycles. The van der Waals surface area contributed by atoms with Crippen molar-refractivity contribution in [2.24, 2.45) is 0 Å². The number of carboxylic acids is 1. The fourth-order valence-electron chi connectivity index (χ4n) is 2.10. The van der Waals surface area contributed by atoms with Crippen LogP contribution in [-0.2, 0) is 4.79 Å². The zero-order valence-electron chi connectivity index (χ0n) is 11.2. The van der Waals surface area contributed by atoms with Gasteiger partial charge >= 0.3 is 5.97 Å². The third-order valence-corrected chi connectivity index (χ3v) is 3.26. The minimum atomic E-state index is -0.772. The van der Waals surface area contributed by atoms with Crippen molar-refractivity contribution < 1.29 is 14.7 Å². The smallest absolute Gasteiger partial charge is 0.303 e. The van der Waals surface area contributed by atoms with Gasteiger partial charge in [0.2, 0.25) is 0 Å². The molecule has 0 aromatic heterocycles. The van der Waals surface area contributed by atoms with Crippen molar-refractivity contribution in [2.75, 3.05) is 13.1 Å². The highest BCUT2D eigenvalue weighted by atomic mass is 16.4. The van der Waals surface area contributed by atoms with Crippen molar-refractivity contribution in [3.05, 3.63) is 47.5 Å².